The Labute approximate surface area is 210 Å². The topological polar surface area (TPSA) is 121 Å². The van der Waals surface area contributed by atoms with E-state index in [4.69, 9.17) is 4.74 Å². The van der Waals surface area contributed by atoms with Crippen molar-refractivity contribution < 1.29 is 23.9 Å². The molecule has 3 N–H and O–H groups in total. The normalized spacial score (nSPS) is 11.5. The molecule has 1 atom stereocenters. The van der Waals surface area contributed by atoms with Crippen LogP contribution >= 0.6 is 0 Å². The zero-order valence-electron chi connectivity index (χ0n) is 20.8. The van der Waals surface area contributed by atoms with Crippen molar-refractivity contribution in [1.29, 1.82) is 0 Å². The second-order valence-electron chi connectivity index (χ2n) is 8.60. The van der Waals surface area contributed by atoms with Crippen molar-refractivity contribution in [2.75, 3.05) is 25.0 Å². The first-order chi connectivity index (χ1) is 17.3. The maximum absolute atomic E-state index is 12.8. The van der Waals surface area contributed by atoms with E-state index in [0.29, 0.717) is 18.7 Å². The highest BCUT2D eigenvalue weighted by Crippen LogP contribution is 2.19. The van der Waals surface area contributed by atoms with Crippen LogP contribution in [0.2, 0.25) is 0 Å². The van der Waals surface area contributed by atoms with Crippen molar-refractivity contribution in [3.63, 3.8) is 0 Å². The van der Waals surface area contributed by atoms with E-state index in [-0.39, 0.29) is 24.8 Å². The molecule has 0 unspecified atom stereocenters. The Morgan fingerprint density at radius 3 is 2.50 bits per heavy atom. The SMILES string of the molecule is CCCN(CC(=O)Nc1ccccc1C)C(=O)COC(=O)[C@H](Cc1c[nH]c2ccccc12)NC(C)=O. The van der Waals surface area contributed by atoms with Gasteiger partial charge in [0.25, 0.3) is 5.91 Å². The lowest BCUT2D eigenvalue weighted by Gasteiger charge is -2.22. The predicted molar refractivity (Wildman–Crippen MR) is 137 cm³/mol. The highest BCUT2D eigenvalue weighted by Gasteiger charge is 2.25. The molecular formula is C27H32N4O5. The number of esters is 1. The largest absolute Gasteiger partial charge is 0.454 e. The van der Waals surface area contributed by atoms with E-state index in [9.17, 15) is 19.2 Å². The lowest BCUT2D eigenvalue weighted by atomic mass is 10.0. The Morgan fingerprint density at radius 1 is 1.06 bits per heavy atom. The zero-order valence-corrected chi connectivity index (χ0v) is 20.8. The van der Waals surface area contributed by atoms with Crippen molar-refractivity contribution in [2.24, 2.45) is 0 Å². The maximum Gasteiger partial charge on any atom is 0.329 e. The average Bonchev–Trinajstić information content (AvgIpc) is 3.25. The van der Waals surface area contributed by atoms with Gasteiger partial charge in [-0.3, -0.25) is 14.4 Å². The number of carbonyl (C=O) groups is 4. The summed E-state index contributed by atoms with van der Waals surface area (Å²) in [4.78, 5) is 54.4. The number of aromatic nitrogens is 1. The third-order valence-electron chi connectivity index (χ3n) is 5.70. The number of ether oxygens (including phenoxy) is 1. The Hall–Kier alpha value is -4.14. The highest BCUT2D eigenvalue weighted by atomic mass is 16.5. The molecular weight excluding hydrogens is 460 g/mol. The molecule has 3 amide bonds. The number of anilines is 1. The number of carbonyl (C=O) groups excluding carboxylic acids is 4. The minimum atomic E-state index is -0.960. The summed E-state index contributed by atoms with van der Waals surface area (Å²) in [5.74, 6) is -1.93. The second kappa shape index (κ2) is 12.5. The van der Waals surface area contributed by atoms with Gasteiger partial charge in [-0.2, -0.15) is 0 Å². The van der Waals surface area contributed by atoms with Crippen LogP contribution in [-0.4, -0.2) is 59.3 Å². The first-order valence-electron chi connectivity index (χ1n) is 11.9. The van der Waals surface area contributed by atoms with Crippen LogP contribution in [0.3, 0.4) is 0 Å². The fraction of sp³-hybridized carbons (Fsp3) is 0.333. The van der Waals surface area contributed by atoms with E-state index in [0.717, 1.165) is 22.0 Å². The summed E-state index contributed by atoms with van der Waals surface area (Å²) in [6, 6.07) is 14.0. The zero-order chi connectivity index (χ0) is 26.1. The molecule has 1 aromatic heterocycles. The van der Waals surface area contributed by atoms with Crippen LogP contribution in [0.5, 0.6) is 0 Å². The summed E-state index contributed by atoms with van der Waals surface area (Å²) in [5.41, 5.74) is 3.34. The number of rotatable bonds is 11. The summed E-state index contributed by atoms with van der Waals surface area (Å²) in [5, 5.41) is 6.35. The number of para-hydroxylation sites is 2. The van der Waals surface area contributed by atoms with E-state index in [1.807, 2.05) is 56.3 Å². The monoisotopic (exact) mass is 492 g/mol. The molecule has 0 saturated heterocycles. The van der Waals surface area contributed by atoms with Gasteiger partial charge in [0.05, 0.1) is 6.54 Å². The lowest BCUT2D eigenvalue weighted by Crippen LogP contribution is -2.45. The van der Waals surface area contributed by atoms with Gasteiger partial charge in [-0.05, 0) is 36.6 Å². The molecule has 36 heavy (non-hydrogen) atoms. The minimum Gasteiger partial charge on any atom is -0.454 e. The van der Waals surface area contributed by atoms with Gasteiger partial charge >= 0.3 is 5.97 Å². The van der Waals surface area contributed by atoms with Crippen LogP contribution in [0, 0.1) is 6.92 Å². The summed E-state index contributed by atoms with van der Waals surface area (Å²) in [6.07, 6.45) is 2.62. The molecule has 2 aromatic carbocycles. The molecule has 0 fully saturated rings. The van der Waals surface area contributed by atoms with Crippen LogP contribution in [0.1, 0.15) is 31.4 Å². The van der Waals surface area contributed by atoms with E-state index in [1.165, 1.54) is 11.8 Å². The first kappa shape index (κ1) is 26.5. The number of aromatic amines is 1. The fourth-order valence-electron chi connectivity index (χ4n) is 3.92. The van der Waals surface area contributed by atoms with Crippen LogP contribution in [-0.2, 0) is 30.3 Å². The van der Waals surface area contributed by atoms with Gasteiger partial charge in [-0.1, -0.05) is 43.3 Å². The van der Waals surface area contributed by atoms with Gasteiger partial charge in [0.15, 0.2) is 6.61 Å². The Kier molecular flexibility index (Phi) is 9.21. The van der Waals surface area contributed by atoms with E-state index in [2.05, 4.69) is 15.6 Å². The van der Waals surface area contributed by atoms with Crippen LogP contribution < -0.4 is 10.6 Å². The Morgan fingerprint density at radius 2 is 1.78 bits per heavy atom. The molecule has 3 aromatic rings. The van der Waals surface area contributed by atoms with Crippen LogP contribution in [0.4, 0.5) is 5.69 Å². The molecule has 0 aliphatic heterocycles. The summed E-state index contributed by atoms with van der Waals surface area (Å²) in [7, 11) is 0. The molecule has 3 rings (SSSR count). The quantitative estimate of drug-likeness (QED) is 0.356. The Balaban J connectivity index is 1.61. The highest BCUT2D eigenvalue weighted by molar-refractivity contribution is 5.95. The molecule has 1 heterocycles. The molecule has 190 valence electrons. The van der Waals surface area contributed by atoms with Crippen LogP contribution in [0.25, 0.3) is 10.9 Å². The minimum absolute atomic E-state index is 0.164. The number of nitrogens with zero attached hydrogens (tertiary/aromatic N) is 1. The molecule has 0 aliphatic carbocycles. The standard InChI is InChI=1S/C27H32N4O5/c1-4-13-31(16-25(33)30-22-11-7-5-9-18(22)2)26(34)17-36-27(35)24(29-19(3)32)14-20-15-28-23-12-8-6-10-21(20)23/h5-12,15,24,28H,4,13-14,16-17H2,1-3H3,(H,29,32)(H,30,33)/t24-/m0/s1. The van der Waals surface area contributed by atoms with Crippen molar-refractivity contribution >= 4 is 40.3 Å². The van der Waals surface area contributed by atoms with Crippen molar-refractivity contribution in [1.82, 2.24) is 15.2 Å². The van der Waals surface area contributed by atoms with Gasteiger partial charge < -0.3 is 25.3 Å². The third kappa shape index (κ3) is 7.18. The number of hydrogen-bond acceptors (Lipinski definition) is 5. The van der Waals surface area contributed by atoms with Crippen molar-refractivity contribution in [3.8, 4) is 0 Å². The molecule has 0 spiro atoms. The Bertz CT molecular complexity index is 1240. The molecule has 9 nitrogen and oxygen atoms in total. The van der Waals surface area contributed by atoms with E-state index in [1.54, 1.807) is 12.3 Å². The molecule has 0 radical (unpaired) electrons. The molecule has 0 bridgehead atoms. The number of amides is 3. The van der Waals surface area contributed by atoms with E-state index < -0.39 is 24.5 Å². The van der Waals surface area contributed by atoms with Crippen molar-refractivity contribution in [2.45, 2.75) is 39.7 Å². The number of nitrogens with one attached hydrogen (secondary N) is 3. The smallest absolute Gasteiger partial charge is 0.329 e. The summed E-state index contributed by atoms with van der Waals surface area (Å²) < 4.78 is 5.29. The number of hydrogen-bond donors (Lipinski definition) is 3. The summed E-state index contributed by atoms with van der Waals surface area (Å²) in [6.45, 7) is 4.73. The third-order valence-corrected chi connectivity index (χ3v) is 5.70. The second-order valence-corrected chi connectivity index (χ2v) is 8.60. The number of benzene rings is 2. The predicted octanol–water partition coefficient (Wildman–Crippen LogP) is 2.94. The van der Waals surface area contributed by atoms with Gasteiger partial charge in [0.2, 0.25) is 11.8 Å². The van der Waals surface area contributed by atoms with Crippen molar-refractivity contribution in [3.05, 3.63) is 65.9 Å². The first-order valence-corrected chi connectivity index (χ1v) is 11.9. The molecule has 0 saturated carbocycles. The average molecular weight is 493 g/mol. The fourth-order valence-corrected chi connectivity index (χ4v) is 3.92. The van der Waals surface area contributed by atoms with Gasteiger partial charge in [-0.25, -0.2) is 4.79 Å². The van der Waals surface area contributed by atoms with Gasteiger partial charge in [0.1, 0.15) is 6.04 Å². The van der Waals surface area contributed by atoms with E-state index >= 15 is 0 Å². The van der Waals surface area contributed by atoms with Crippen LogP contribution in [0.15, 0.2) is 54.7 Å². The number of H-pyrrole nitrogens is 1. The summed E-state index contributed by atoms with van der Waals surface area (Å²) >= 11 is 0. The molecule has 0 aliphatic rings. The lowest BCUT2D eigenvalue weighted by molar-refractivity contribution is -0.154. The maximum atomic E-state index is 12.8. The number of aryl methyl sites for hydroxylation is 1. The molecule has 9 heteroatoms. The van der Waals surface area contributed by atoms with Gasteiger partial charge in [0, 0.05) is 42.7 Å². The van der Waals surface area contributed by atoms with Gasteiger partial charge in [-0.15, -0.1) is 0 Å². The number of fused-ring (bicyclic) bond motifs is 1.